The molecule has 2 aromatic heterocycles. The largest absolute Gasteiger partial charge is 0.471 e. The van der Waals surface area contributed by atoms with Gasteiger partial charge in [0.2, 0.25) is 17.7 Å². The molecule has 2 amide bonds. The highest BCUT2D eigenvalue weighted by Crippen LogP contribution is 2.29. The first-order valence-corrected chi connectivity index (χ1v) is 9.77. The summed E-state index contributed by atoms with van der Waals surface area (Å²) in [7, 11) is 0. The van der Waals surface area contributed by atoms with Crippen LogP contribution in [-0.4, -0.2) is 45.7 Å². The second-order valence-corrected chi connectivity index (χ2v) is 7.47. The van der Waals surface area contributed by atoms with Crippen molar-refractivity contribution in [3.63, 3.8) is 0 Å². The van der Waals surface area contributed by atoms with Gasteiger partial charge in [-0.2, -0.15) is 8.78 Å². The van der Waals surface area contributed by atoms with Crippen LogP contribution < -0.4 is 15.4 Å². The molecule has 0 aromatic carbocycles. The summed E-state index contributed by atoms with van der Waals surface area (Å²) in [6.07, 6.45) is 0.420. The van der Waals surface area contributed by atoms with E-state index < -0.39 is 30.9 Å². The molecule has 2 N–H and O–H groups in total. The van der Waals surface area contributed by atoms with Crippen LogP contribution in [0.2, 0.25) is 0 Å². The van der Waals surface area contributed by atoms with Gasteiger partial charge < -0.3 is 10.1 Å². The summed E-state index contributed by atoms with van der Waals surface area (Å²) in [5.41, 5.74) is 0.901. The third kappa shape index (κ3) is 5.89. The third-order valence-corrected chi connectivity index (χ3v) is 4.69. The Hall–Kier alpha value is -3.31. The normalized spacial score (nSPS) is 14.7. The van der Waals surface area contributed by atoms with E-state index in [0.717, 1.165) is 12.8 Å². The number of anilines is 1. The summed E-state index contributed by atoms with van der Waals surface area (Å²) in [5, 5.41) is 5.27. The summed E-state index contributed by atoms with van der Waals surface area (Å²) in [6, 6.07) is 2.37. The minimum absolute atomic E-state index is 0.0295. The molecule has 12 heteroatoms. The van der Waals surface area contributed by atoms with Gasteiger partial charge in [-0.15, -0.1) is 0 Å². The van der Waals surface area contributed by atoms with Crippen molar-refractivity contribution in [3.05, 3.63) is 41.3 Å². The maximum absolute atomic E-state index is 13.0. The van der Waals surface area contributed by atoms with Gasteiger partial charge in [0.15, 0.2) is 6.61 Å². The molecule has 32 heavy (non-hydrogen) atoms. The van der Waals surface area contributed by atoms with Gasteiger partial charge in [0.05, 0.1) is 6.04 Å². The van der Waals surface area contributed by atoms with Crippen molar-refractivity contribution in [1.82, 2.24) is 20.3 Å². The molecule has 0 aliphatic heterocycles. The van der Waals surface area contributed by atoms with E-state index in [1.807, 2.05) is 0 Å². The average Bonchev–Trinajstić information content (AvgIpc) is 3.58. The number of ether oxygens (including phenoxy) is 1. The Morgan fingerprint density at radius 3 is 2.62 bits per heavy atom. The standard InChI is InChI=1S/C20H21F4N5O3/c1-10-7-13(8-26-17(10)32-9-20(23,24)18(21)22)11(2)27-16(31)14-5-6-25-19(28-14)29-15(30)12-3-4-12/h5-8,11-12,18H,3-4,9H2,1-2H3,(H,27,31)(H,25,28,29,30). The van der Waals surface area contributed by atoms with E-state index in [9.17, 15) is 27.2 Å². The fourth-order valence-electron chi connectivity index (χ4n) is 2.66. The minimum atomic E-state index is -4.29. The summed E-state index contributed by atoms with van der Waals surface area (Å²) in [4.78, 5) is 36.2. The topological polar surface area (TPSA) is 106 Å². The Labute approximate surface area is 180 Å². The van der Waals surface area contributed by atoms with Gasteiger partial charge in [0.25, 0.3) is 5.91 Å². The van der Waals surface area contributed by atoms with E-state index in [2.05, 4.69) is 25.6 Å². The number of carbonyl (C=O) groups is 2. The summed E-state index contributed by atoms with van der Waals surface area (Å²) >= 11 is 0. The highest BCUT2D eigenvalue weighted by atomic mass is 19.3. The number of nitrogens with zero attached hydrogens (tertiary/aromatic N) is 3. The zero-order valence-electron chi connectivity index (χ0n) is 17.2. The molecule has 2 heterocycles. The molecular formula is C20H21F4N5O3. The number of pyridine rings is 1. The lowest BCUT2D eigenvalue weighted by molar-refractivity contribution is -0.148. The first kappa shape index (κ1) is 23.4. The third-order valence-electron chi connectivity index (χ3n) is 4.69. The molecule has 3 rings (SSSR count). The molecule has 0 radical (unpaired) electrons. The van der Waals surface area contributed by atoms with Gasteiger partial charge in [0.1, 0.15) is 5.69 Å². The van der Waals surface area contributed by atoms with E-state index in [4.69, 9.17) is 4.74 Å². The zero-order chi connectivity index (χ0) is 23.5. The van der Waals surface area contributed by atoms with Gasteiger partial charge in [0, 0.05) is 23.9 Å². The first-order chi connectivity index (χ1) is 15.1. The van der Waals surface area contributed by atoms with E-state index in [1.54, 1.807) is 6.92 Å². The van der Waals surface area contributed by atoms with Crippen molar-refractivity contribution in [3.8, 4) is 5.88 Å². The number of amides is 2. The zero-order valence-corrected chi connectivity index (χ0v) is 17.2. The molecule has 1 aliphatic rings. The molecular weight excluding hydrogens is 434 g/mol. The van der Waals surface area contributed by atoms with Gasteiger partial charge in [-0.1, -0.05) is 0 Å². The Balaban J connectivity index is 1.61. The van der Waals surface area contributed by atoms with Gasteiger partial charge >= 0.3 is 12.3 Å². The van der Waals surface area contributed by atoms with E-state index >= 15 is 0 Å². The molecule has 1 fully saturated rings. The van der Waals surface area contributed by atoms with Gasteiger partial charge in [-0.3, -0.25) is 14.9 Å². The Bertz CT molecular complexity index is 1000. The highest BCUT2D eigenvalue weighted by Gasteiger charge is 2.42. The summed E-state index contributed by atoms with van der Waals surface area (Å²) in [5.74, 6) is -5.23. The number of hydrogen-bond acceptors (Lipinski definition) is 6. The van der Waals surface area contributed by atoms with Gasteiger partial charge in [-0.05, 0) is 44.4 Å². The van der Waals surface area contributed by atoms with E-state index in [-0.39, 0.29) is 29.3 Å². The Morgan fingerprint density at radius 1 is 1.28 bits per heavy atom. The van der Waals surface area contributed by atoms with Crippen molar-refractivity contribution in [2.45, 2.75) is 45.1 Å². The number of rotatable bonds is 9. The molecule has 2 aromatic rings. The Morgan fingerprint density at radius 2 is 2.00 bits per heavy atom. The Kier molecular flexibility index (Phi) is 6.90. The molecule has 1 aliphatic carbocycles. The summed E-state index contributed by atoms with van der Waals surface area (Å²) in [6.45, 7) is 1.68. The first-order valence-electron chi connectivity index (χ1n) is 9.77. The number of carbonyl (C=O) groups excluding carboxylic acids is 2. The smallest absolute Gasteiger partial charge is 0.340 e. The molecule has 8 nitrogen and oxygen atoms in total. The fraction of sp³-hybridized carbons (Fsp3) is 0.450. The fourth-order valence-corrected chi connectivity index (χ4v) is 2.66. The van der Waals surface area contributed by atoms with Crippen molar-refractivity contribution >= 4 is 17.8 Å². The maximum atomic E-state index is 13.0. The van der Waals surface area contributed by atoms with Crippen LogP contribution in [0.25, 0.3) is 0 Å². The SMILES string of the molecule is Cc1cc(C(C)NC(=O)c2ccnc(NC(=O)C3CC3)n2)cnc1OCC(F)(F)C(F)F. The summed E-state index contributed by atoms with van der Waals surface area (Å²) < 4.78 is 55.3. The van der Waals surface area contributed by atoms with Crippen molar-refractivity contribution in [2.24, 2.45) is 5.92 Å². The van der Waals surface area contributed by atoms with Crippen LogP contribution in [0.4, 0.5) is 23.5 Å². The maximum Gasteiger partial charge on any atom is 0.340 e. The van der Waals surface area contributed by atoms with Crippen molar-refractivity contribution < 1.29 is 31.9 Å². The number of halogens is 4. The van der Waals surface area contributed by atoms with Crippen LogP contribution in [0.15, 0.2) is 24.5 Å². The van der Waals surface area contributed by atoms with Gasteiger partial charge in [-0.25, -0.2) is 23.7 Å². The molecule has 0 saturated heterocycles. The van der Waals surface area contributed by atoms with Crippen LogP contribution >= 0.6 is 0 Å². The van der Waals surface area contributed by atoms with Crippen LogP contribution in [0.5, 0.6) is 5.88 Å². The minimum Gasteiger partial charge on any atom is -0.471 e. The lowest BCUT2D eigenvalue weighted by atomic mass is 10.1. The molecule has 172 valence electrons. The number of hydrogen-bond donors (Lipinski definition) is 2. The molecule has 1 saturated carbocycles. The van der Waals surface area contributed by atoms with Crippen LogP contribution in [0.3, 0.4) is 0 Å². The number of aryl methyl sites for hydroxylation is 1. The van der Waals surface area contributed by atoms with Crippen LogP contribution in [0.1, 0.15) is 47.4 Å². The second kappa shape index (κ2) is 9.45. The average molecular weight is 455 g/mol. The van der Waals surface area contributed by atoms with Crippen LogP contribution in [0, 0.1) is 12.8 Å². The predicted octanol–water partition coefficient (Wildman–Crippen LogP) is 3.30. The number of alkyl halides is 4. The van der Waals surface area contributed by atoms with E-state index in [1.165, 1.54) is 31.5 Å². The highest BCUT2D eigenvalue weighted by molar-refractivity contribution is 5.95. The van der Waals surface area contributed by atoms with Crippen LogP contribution in [-0.2, 0) is 4.79 Å². The molecule has 0 spiro atoms. The number of nitrogens with one attached hydrogen (secondary N) is 2. The molecule has 1 unspecified atom stereocenters. The molecule has 1 atom stereocenters. The lowest BCUT2D eigenvalue weighted by Crippen LogP contribution is -2.34. The monoisotopic (exact) mass is 455 g/mol. The van der Waals surface area contributed by atoms with Crippen molar-refractivity contribution in [2.75, 3.05) is 11.9 Å². The quantitative estimate of drug-likeness (QED) is 0.562. The second-order valence-electron chi connectivity index (χ2n) is 7.47. The predicted molar refractivity (Wildman–Crippen MR) is 105 cm³/mol. The lowest BCUT2D eigenvalue weighted by Gasteiger charge is -2.18. The number of aromatic nitrogens is 3. The van der Waals surface area contributed by atoms with Crippen molar-refractivity contribution in [1.29, 1.82) is 0 Å². The molecule has 0 bridgehead atoms. The van der Waals surface area contributed by atoms with E-state index in [0.29, 0.717) is 11.1 Å².